The molecule has 2 unspecified atom stereocenters. The van der Waals surface area contributed by atoms with Gasteiger partial charge < -0.3 is 14.4 Å². The van der Waals surface area contributed by atoms with E-state index in [1.165, 1.54) is 5.56 Å². The standard InChI is InChI=1S/C20H29N3O2/c1-3-13-25-18-8-6-16(7-9-18)14-23-11-4-5-17(15-23)19(24)20-21-10-12-22(20)2/h6-10,12,17,19,24H,3-5,11,13-15H2,1-2H3. The zero-order valence-corrected chi connectivity index (χ0v) is 15.3. The van der Waals surface area contributed by atoms with Gasteiger partial charge in [-0.1, -0.05) is 19.1 Å². The maximum atomic E-state index is 10.7. The van der Waals surface area contributed by atoms with Crippen molar-refractivity contribution in [2.75, 3.05) is 19.7 Å². The summed E-state index contributed by atoms with van der Waals surface area (Å²) in [5, 5.41) is 10.7. The third-order valence-electron chi connectivity index (χ3n) is 4.91. The lowest BCUT2D eigenvalue weighted by Crippen LogP contribution is -2.37. The number of ether oxygens (including phenoxy) is 1. The fraction of sp³-hybridized carbons (Fsp3) is 0.550. The Kier molecular flexibility index (Phi) is 6.10. The van der Waals surface area contributed by atoms with Crippen LogP contribution in [0.5, 0.6) is 5.75 Å². The molecule has 2 heterocycles. The van der Waals surface area contributed by atoms with Crippen LogP contribution in [0.25, 0.3) is 0 Å². The highest BCUT2D eigenvalue weighted by molar-refractivity contribution is 5.27. The van der Waals surface area contributed by atoms with E-state index in [4.69, 9.17) is 4.74 Å². The third-order valence-corrected chi connectivity index (χ3v) is 4.91. The third kappa shape index (κ3) is 4.61. The van der Waals surface area contributed by atoms with E-state index in [0.29, 0.717) is 0 Å². The lowest BCUT2D eigenvalue weighted by molar-refractivity contribution is 0.0405. The van der Waals surface area contributed by atoms with Crippen molar-refractivity contribution in [2.24, 2.45) is 13.0 Å². The molecule has 0 aliphatic carbocycles. The second kappa shape index (κ2) is 8.50. The highest BCUT2D eigenvalue weighted by atomic mass is 16.5. The molecule has 1 aliphatic rings. The topological polar surface area (TPSA) is 50.5 Å². The molecular formula is C20H29N3O2. The van der Waals surface area contributed by atoms with E-state index in [1.807, 2.05) is 17.8 Å². The Balaban J connectivity index is 1.57. The zero-order valence-electron chi connectivity index (χ0n) is 15.3. The summed E-state index contributed by atoms with van der Waals surface area (Å²) in [7, 11) is 1.94. The van der Waals surface area contributed by atoms with Crippen molar-refractivity contribution >= 4 is 0 Å². The molecule has 2 atom stereocenters. The first kappa shape index (κ1) is 18.0. The summed E-state index contributed by atoms with van der Waals surface area (Å²) in [6, 6.07) is 8.39. The Morgan fingerprint density at radius 2 is 2.12 bits per heavy atom. The van der Waals surface area contributed by atoms with E-state index in [-0.39, 0.29) is 5.92 Å². The van der Waals surface area contributed by atoms with Crippen molar-refractivity contribution in [1.82, 2.24) is 14.5 Å². The number of aromatic nitrogens is 2. The average Bonchev–Trinajstić information content (AvgIpc) is 3.07. The summed E-state index contributed by atoms with van der Waals surface area (Å²) in [6.45, 7) is 5.77. The summed E-state index contributed by atoms with van der Waals surface area (Å²) in [5.74, 6) is 1.94. The van der Waals surface area contributed by atoms with E-state index < -0.39 is 6.10 Å². The van der Waals surface area contributed by atoms with Crippen LogP contribution in [0, 0.1) is 5.92 Å². The Morgan fingerprint density at radius 3 is 2.80 bits per heavy atom. The molecule has 1 aliphatic heterocycles. The minimum absolute atomic E-state index is 0.238. The minimum Gasteiger partial charge on any atom is -0.494 e. The summed E-state index contributed by atoms with van der Waals surface area (Å²) in [5.41, 5.74) is 1.29. The molecule has 0 amide bonds. The lowest BCUT2D eigenvalue weighted by Gasteiger charge is -2.35. The molecule has 0 radical (unpaired) electrons. The van der Waals surface area contributed by atoms with Crippen molar-refractivity contribution in [3.8, 4) is 5.75 Å². The van der Waals surface area contributed by atoms with Crippen LogP contribution in [0.15, 0.2) is 36.7 Å². The monoisotopic (exact) mass is 343 g/mol. The van der Waals surface area contributed by atoms with Crippen LogP contribution in [0.3, 0.4) is 0 Å². The Morgan fingerprint density at radius 1 is 1.32 bits per heavy atom. The number of likely N-dealkylation sites (tertiary alicyclic amines) is 1. The maximum Gasteiger partial charge on any atom is 0.137 e. The molecule has 1 saturated heterocycles. The second-order valence-corrected chi connectivity index (χ2v) is 6.97. The average molecular weight is 343 g/mol. The van der Waals surface area contributed by atoms with Crippen LogP contribution in [0.4, 0.5) is 0 Å². The van der Waals surface area contributed by atoms with E-state index in [2.05, 4.69) is 41.1 Å². The highest BCUT2D eigenvalue weighted by Crippen LogP contribution is 2.29. The SMILES string of the molecule is CCCOc1ccc(CN2CCCC(C(O)c3nccn3C)C2)cc1. The number of aliphatic hydroxyl groups is 1. The van der Waals surface area contributed by atoms with Crippen molar-refractivity contribution in [3.63, 3.8) is 0 Å². The number of piperidine rings is 1. The summed E-state index contributed by atoms with van der Waals surface area (Å²) in [4.78, 5) is 6.75. The first-order valence-corrected chi connectivity index (χ1v) is 9.26. The number of benzene rings is 1. The molecule has 5 nitrogen and oxygen atoms in total. The van der Waals surface area contributed by atoms with Gasteiger partial charge in [-0.05, 0) is 43.5 Å². The molecule has 3 rings (SSSR count). The molecule has 1 aromatic carbocycles. The number of imidazole rings is 1. The quantitative estimate of drug-likeness (QED) is 0.839. The summed E-state index contributed by atoms with van der Waals surface area (Å²) in [6.07, 6.45) is 6.34. The fourth-order valence-electron chi connectivity index (χ4n) is 3.53. The van der Waals surface area contributed by atoms with Crippen LogP contribution < -0.4 is 4.74 Å². The first-order chi connectivity index (χ1) is 12.2. The molecule has 0 saturated carbocycles. The van der Waals surface area contributed by atoms with Gasteiger partial charge in [-0.3, -0.25) is 4.90 Å². The van der Waals surface area contributed by atoms with Gasteiger partial charge in [0.25, 0.3) is 0 Å². The van der Waals surface area contributed by atoms with Crippen LogP contribution >= 0.6 is 0 Å². The van der Waals surface area contributed by atoms with Gasteiger partial charge in [0, 0.05) is 38.4 Å². The van der Waals surface area contributed by atoms with Gasteiger partial charge in [0.2, 0.25) is 0 Å². The number of nitrogens with zero attached hydrogens (tertiary/aromatic N) is 3. The normalized spacial score (nSPS) is 19.7. The van der Waals surface area contributed by atoms with Crippen molar-refractivity contribution in [2.45, 2.75) is 38.8 Å². The number of aryl methyl sites for hydroxylation is 1. The van der Waals surface area contributed by atoms with Gasteiger partial charge >= 0.3 is 0 Å². The Hall–Kier alpha value is -1.85. The Labute approximate surface area is 150 Å². The maximum absolute atomic E-state index is 10.7. The predicted octanol–water partition coefficient (Wildman–Crippen LogP) is 3.15. The van der Waals surface area contributed by atoms with Gasteiger partial charge in [0.05, 0.1) is 6.61 Å². The predicted molar refractivity (Wildman–Crippen MR) is 98.4 cm³/mol. The van der Waals surface area contributed by atoms with Gasteiger partial charge in [-0.25, -0.2) is 4.98 Å². The molecule has 2 aromatic rings. The van der Waals surface area contributed by atoms with E-state index >= 15 is 0 Å². The molecule has 5 heteroatoms. The van der Waals surface area contributed by atoms with Crippen LogP contribution in [0.2, 0.25) is 0 Å². The first-order valence-electron chi connectivity index (χ1n) is 9.26. The smallest absolute Gasteiger partial charge is 0.137 e. The molecule has 1 N–H and O–H groups in total. The number of rotatable bonds is 7. The fourth-order valence-corrected chi connectivity index (χ4v) is 3.53. The molecule has 25 heavy (non-hydrogen) atoms. The van der Waals surface area contributed by atoms with Crippen molar-refractivity contribution < 1.29 is 9.84 Å². The number of hydrogen-bond donors (Lipinski definition) is 1. The van der Waals surface area contributed by atoms with Gasteiger partial charge in [-0.15, -0.1) is 0 Å². The lowest BCUT2D eigenvalue weighted by atomic mass is 9.91. The van der Waals surface area contributed by atoms with E-state index in [1.54, 1.807) is 6.20 Å². The highest BCUT2D eigenvalue weighted by Gasteiger charge is 2.29. The van der Waals surface area contributed by atoms with Gasteiger partial charge in [-0.2, -0.15) is 0 Å². The number of hydrogen-bond acceptors (Lipinski definition) is 4. The van der Waals surface area contributed by atoms with Gasteiger partial charge in [0.1, 0.15) is 17.7 Å². The van der Waals surface area contributed by atoms with Crippen LogP contribution in [0.1, 0.15) is 43.7 Å². The molecule has 1 fully saturated rings. The molecule has 1 aromatic heterocycles. The van der Waals surface area contributed by atoms with E-state index in [0.717, 1.165) is 57.1 Å². The van der Waals surface area contributed by atoms with Crippen molar-refractivity contribution in [3.05, 3.63) is 48.0 Å². The summed E-state index contributed by atoms with van der Waals surface area (Å²) >= 11 is 0. The zero-order chi connectivity index (χ0) is 17.6. The molecule has 0 bridgehead atoms. The molecule has 0 spiro atoms. The minimum atomic E-state index is -0.493. The van der Waals surface area contributed by atoms with Crippen molar-refractivity contribution in [1.29, 1.82) is 0 Å². The van der Waals surface area contributed by atoms with Crippen LogP contribution in [-0.4, -0.2) is 39.3 Å². The van der Waals surface area contributed by atoms with Crippen LogP contribution in [-0.2, 0) is 13.6 Å². The molecular weight excluding hydrogens is 314 g/mol. The Bertz CT molecular complexity index is 653. The largest absolute Gasteiger partial charge is 0.494 e. The second-order valence-electron chi connectivity index (χ2n) is 6.97. The summed E-state index contributed by atoms with van der Waals surface area (Å²) < 4.78 is 7.56. The van der Waals surface area contributed by atoms with Gasteiger partial charge in [0.15, 0.2) is 0 Å². The molecule has 136 valence electrons. The van der Waals surface area contributed by atoms with E-state index in [9.17, 15) is 5.11 Å². The number of aliphatic hydroxyl groups excluding tert-OH is 1.